The third kappa shape index (κ3) is 3.68. The zero-order valence-corrected chi connectivity index (χ0v) is 16.4. The molecule has 1 fully saturated rings. The lowest BCUT2D eigenvalue weighted by molar-refractivity contribution is 0.00977. The molecular formula is C23H26N2O3. The first-order valence-corrected chi connectivity index (χ1v) is 9.66. The van der Waals surface area contributed by atoms with Crippen molar-refractivity contribution in [3.8, 4) is 11.5 Å². The van der Waals surface area contributed by atoms with Gasteiger partial charge in [-0.1, -0.05) is 30.3 Å². The average Bonchev–Trinajstić information content (AvgIpc) is 2.77. The third-order valence-electron chi connectivity index (χ3n) is 5.45. The Kier molecular flexibility index (Phi) is 5.74. The highest BCUT2D eigenvalue weighted by Gasteiger charge is 2.28. The fourth-order valence-corrected chi connectivity index (χ4v) is 4.07. The summed E-state index contributed by atoms with van der Waals surface area (Å²) in [5, 5.41) is 5.53. The number of nitrogens with one attached hydrogen (secondary N) is 1. The van der Waals surface area contributed by atoms with Crippen molar-refractivity contribution >= 4 is 10.8 Å². The number of hydrogen-bond donors (Lipinski definition) is 1. The van der Waals surface area contributed by atoms with Gasteiger partial charge >= 0.3 is 0 Å². The van der Waals surface area contributed by atoms with E-state index < -0.39 is 0 Å². The number of benzene rings is 2. The van der Waals surface area contributed by atoms with Gasteiger partial charge in [-0.05, 0) is 30.7 Å². The molecule has 0 saturated carbocycles. The molecule has 0 amide bonds. The topological polar surface area (TPSA) is 52.6 Å². The summed E-state index contributed by atoms with van der Waals surface area (Å²) in [6, 6.07) is 14.3. The Morgan fingerprint density at radius 3 is 2.68 bits per heavy atom. The molecule has 5 nitrogen and oxygen atoms in total. The molecule has 3 aromatic rings. The fourth-order valence-electron chi connectivity index (χ4n) is 4.07. The quantitative estimate of drug-likeness (QED) is 0.705. The van der Waals surface area contributed by atoms with Crippen LogP contribution in [0.25, 0.3) is 10.8 Å². The lowest BCUT2D eigenvalue weighted by Crippen LogP contribution is -2.41. The molecule has 1 aromatic heterocycles. The van der Waals surface area contributed by atoms with Crippen LogP contribution in [0.1, 0.15) is 23.5 Å². The van der Waals surface area contributed by atoms with Crippen LogP contribution in [0.3, 0.4) is 0 Å². The van der Waals surface area contributed by atoms with E-state index in [1.165, 1.54) is 5.56 Å². The van der Waals surface area contributed by atoms with Gasteiger partial charge in [0.05, 0.1) is 26.9 Å². The molecule has 2 atom stereocenters. The normalized spacial score (nSPS) is 19.5. The summed E-state index contributed by atoms with van der Waals surface area (Å²) >= 11 is 0. The molecule has 1 aliphatic rings. The minimum atomic E-state index is 0.0834. The Morgan fingerprint density at radius 2 is 1.93 bits per heavy atom. The van der Waals surface area contributed by atoms with Crippen LogP contribution in [-0.4, -0.2) is 38.4 Å². The molecule has 0 bridgehead atoms. The first kappa shape index (κ1) is 18.7. The Balaban J connectivity index is 1.61. The Labute approximate surface area is 165 Å². The maximum absolute atomic E-state index is 6.40. The highest BCUT2D eigenvalue weighted by atomic mass is 16.5. The second kappa shape index (κ2) is 8.59. The predicted octanol–water partition coefficient (Wildman–Crippen LogP) is 3.91. The van der Waals surface area contributed by atoms with E-state index in [2.05, 4.69) is 22.4 Å². The largest absolute Gasteiger partial charge is 0.496 e. The second-order valence-corrected chi connectivity index (χ2v) is 7.05. The van der Waals surface area contributed by atoms with Crippen LogP contribution in [-0.2, 0) is 11.3 Å². The van der Waals surface area contributed by atoms with E-state index in [4.69, 9.17) is 14.2 Å². The van der Waals surface area contributed by atoms with Crippen molar-refractivity contribution in [3.63, 3.8) is 0 Å². The van der Waals surface area contributed by atoms with E-state index in [1.807, 2.05) is 42.7 Å². The number of nitrogens with zero attached hydrogens (tertiary/aromatic N) is 1. The van der Waals surface area contributed by atoms with Gasteiger partial charge < -0.3 is 19.5 Å². The summed E-state index contributed by atoms with van der Waals surface area (Å²) in [5.41, 5.74) is 2.23. The van der Waals surface area contributed by atoms with Crippen LogP contribution in [0.15, 0.2) is 54.9 Å². The maximum Gasteiger partial charge on any atom is 0.132 e. The standard InChI is InChI=1S/C23H26N2O3/c1-26-21-12-17(23(27-2)20-8-4-3-7-19(20)21)15-28-22-14-25-11-9-18(22)16-6-5-10-24-13-16/h3-8,10,12-13,18,22,25H,9,11,14-15H2,1-2H3. The van der Waals surface area contributed by atoms with E-state index in [9.17, 15) is 0 Å². The van der Waals surface area contributed by atoms with Crippen molar-refractivity contribution in [1.82, 2.24) is 10.3 Å². The maximum atomic E-state index is 6.40. The van der Waals surface area contributed by atoms with Gasteiger partial charge in [-0.15, -0.1) is 0 Å². The van der Waals surface area contributed by atoms with Crippen LogP contribution in [0.2, 0.25) is 0 Å². The zero-order valence-electron chi connectivity index (χ0n) is 16.4. The molecule has 2 aromatic carbocycles. The molecule has 2 unspecified atom stereocenters. The van der Waals surface area contributed by atoms with Gasteiger partial charge in [-0.25, -0.2) is 0 Å². The van der Waals surface area contributed by atoms with Gasteiger partial charge in [0.25, 0.3) is 0 Å². The highest BCUT2D eigenvalue weighted by molar-refractivity contribution is 5.94. The summed E-state index contributed by atoms with van der Waals surface area (Å²) in [6.07, 6.45) is 4.88. The molecule has 0 aliphatic carbocycles. The van der Waals surface area contributed by atoms with E-state index in [0.717, 1.165) is 47.3 Å². The van der Waals surface area contributed by atoms with E-state index >= 15 is 0 Å². The first-order chi connectivity index (χ1) is 13.8. The smallest absolute Gasteiger partial charge is 0.132 e. The summed E-state index contributed by atoms with van der Waals surface area (Å²) < 4.78 is 17.8. The molecule has 1 saturated heterocycles. The van der Waals surface area contributed by atoms with Crippen molar-refractivity contribution in [2.75, 3.05) is 27.3 Å². The molecule has 2 heterocycles. The molecule has 28 heavy (non-hydrogen) atoms. The average molecular weight is 378 g/mol. The van der Waals surface area contributed by atoms with Crippen LogP contribution in [0.4, 0.5) is 0 Å². The lowest BCUT2D eigenvalue weighted by atomic mass is 9.88. The molecule has 1 N–H and O–H groups in total. The highest BCUT2D eigenvalue weighted by Crippen LogP contribution is 2.37. The number of pyridine rings is 1. The van der Waals surface area contributed by atoms with Crippen molar-refractivity contribution < 1.29 is 14.2 Å². The van der Waals surface area contributed by atoms with Gasteiger partial charge in [0.1, 0.15) is 11.5 Å². The van der Waals surface area contributed by atoms with Crippen LogP contribution in [0.5, 0.6) is 11.5 Å². The summed E-state index contributed by atoms with van der Waals surface area (Å²) in [6.45, 7) is 2.28. The van der Waals surface area contributed by atoms with E-state index in [0.29, 0.717) is 12.5 Å². The van der Waals surface area contributed by atoms with E-state index in [1.54, 1.807) is 14.2 Å². The number of methoxy groups -OCH3 is 2. The van der Waals surface area contributed by atoms with Gasteiger partial charge in [-0.2, -0.15) is 0 Å². The third-order valence-corrected chi connectivity index (χ3v) is 5.45. The SMILES string of the molecule is COc1cc(COC2CNCCC2c2cccnc2)c(OC)c2ccccc12. The minimum absolute atomic E-state index is 0.0834. The zero-order chi connectivity index (χ0) is 19.3. The molecule has 1 aliphatic heterocycles. The van der Waals surface area contributed by atoms with Gasteiger partial charge in [-0.3, -0.25) is 4.98 Å². The number of rotatable bonds is 6. The summed E-state index contributed by atoms with van der Waals surface area (Å²) in [7, 11) is 3.40. The minimum Gasteiger partial charge on any atom is -0.496 e. The molecule has 146 valence electrons. The summed E-state index contributed by atoms with van der Waals surface area (Å²) in [4.78, 5) is 4.28. The Bertz CT molecular complexity index is 930. The number of aromatic nitrogens is 1. The fraction of sp³-hybridized carbons (Fsp3) is 0.348. The van der Waals surface area contributed by atoms with Crippen molar-refractivity contribution in [1.29, 1.82) is 0 Å². The molecule has 0 radical (unpaired) electrons. The second-order valence-electron chi connectivity index (χ2n) is 7.05. The Morgan fingerprint density at radius 1 is 1.07 bits per heavy atom. The van der Waals surface area contributed by atoms with E-state index in [-0.39, 0.29) is 6.10 Å². The number of piperidine rings is 1. The number of fused-ring (bicyclic) bond motifs is 1. The van der Waals surface area contributed by atoms with Crippen LogP contribution < -0.4 is 14.8 Å². The van der Waals surface area contributed by atoms with Crippen LogP contribution >= 0.6 is 0 Å². The van der Waals surface area contributed by atoms with Gasteiger partial charge in [0.2, 0.25) is 0 Å². The number of ether oxygens (including phenoxy) is 3. The van der Waals surface area contributed by atoms with Crippen LogP contribution in [0, 0.1) is 0 Å². The molecular weight excluding hydrogens is 352 g/mol. The Hall–Kier alpha value is -2.63. The number of hydrogen-bond acceptors (Lipinski definition) is 5. The van der Waals surface area contributed by atoms with Gasteiger partial charge in [0, 0.05) is 41.2 Å². The lowest BCUT2D eigenvalue weighted by Gasteiger charge is -2.32. The first-order valence-electron chi connectivity index (χ1n) is 9.66. The van der Waals surface area contributed by atoms with Crippen molar-refractivity contribution in [3.05, 3.63) is 66.0 Å². The molecule has 4 rings (SSSR count). The van der Waals surface area contributed by atoms with Crippen molar-refractivity contribution in [2.45, 2.75) is 25.0 Å². The summed E-state index contributed by atoms with van der Waals surface area (Å²) in [5.74, 6) is 2.02. The van der Waals surface area contributed by atoms with Gasteiger partial charge in [0.15, 0.2) is 0 Å². The molecule has 0 spiro atoms. The predicted molar refractivity (Wildman–Crippen MR) is 110 cm³/mol. The van der Waals surface area contributed by atoms with Crippen molar-refractivity contribution in [2.24, 2.45) is 0 Å². The monoisotopic (exact) mass is 378 g/mol. The molecule has 5 heteroatoms.